The van der Waals surface area contributed by atoms with Gasteiger partial charge in [-0.3, -0.25) is 0 Å². The van der Waals surface area contributed by atoms with E-state index in [2.05, 4.69) is 10.1 Å². The maximum atomic E-state index is 13.2. The van der Waals surface area contributed by atoms with Gasteiger partial charge in [-0.1, -0.05) is 6.07 Å². The van der Waals surface area contributed by atoms with Crippen LogP contribution in [0.4, 0.5) is 13.2 Å². The topological polar surface area (TPSA) is 48.7 Å². The van der Waals surface area contributed by atoms with E-state index in [9.17, 15) is 13.2 Å². The van der Waals surface area contributed by atoms with Crippen LogP contribution in [0.5, 0.6) is 11.5 Å². The van der Waals surface area contributed by atoms with Crippen molar-refractivity contribution >= 4 is 5.65 Å². The molecule has 0 radical (unpaired) electrons. The van der Waals surface area contributed by atoms with E-state index in [4.69, 9.17) is 9.47 Å². The number of fused-ring (bicyclic) bond motifs is 1. The van der Waals surface area contributed by atoms with Crippen molar-refractivity contribution in [3.8, 4) is 22.6 Å². The summed E-state index contributed by atoms with van der Waals surface area (Å²) in [5.41, 5.74) is 0.641. The number of hydrogen-bond donors (Lipinski definition) is 0. The zero-order valence-corrected chi connectivity index (χ0v) is 13.2. The summed E-state index contributed by atoms with van der Waals surface area (Å²) in [4.78, 5) is 4.21. The van der Waals surface area contributed by atoms with E-state index < -0.39 is 11.9 Å². The number of alkyl halides is 3. The first-order chi connectivity index (χ1) is 11.3. The van der Waals surface area contributed by atoms with Crippen LogP contribution in [0.1, 0.15) is 11.4 Å². The first kappa shape index (κ1) is 16.1. The normalized spacial score (nSPS) is 11.8. The first-order valence-electron chi connectivity index (χ1n) is 7.00. The van der Waals surface area contributed by atoms with Crippen LogP contribution < -0.4 is 9.47 Å². The van der Waals surface area contributed by atoms with Crippen LogP contribution >= 0.6 is 0 Å². The SMILES string of the molecule is COc1ccc(-c2cnn3c(C(F)(F)F)cc(C)nc23)cc1OC. The average Bonchev–Trinajstić information content (AvgIpc) is 2.95. The number of benzene rings is 1. The standard InChI is InChI=1S/C16H14F3N3O2/c1-9-6-14(16(17,18)19)22-15(21-9)11(8-20-22)10-4-5-12(23-2)13(7-10)24-3/h4-8H,1-3H3. The molecule has 2 aromatic heterocycles. The van der Waals surface area contributed by atoms with Gasteiger partial charge in [0.2, 0.25) is 0 Å². The molecule has 0 bridgehead atoms. The van der Waals surface area contributed by atoms with Crippen LogP contribution in [0, 0.1) is 6.92 Å². The Labute approximate surface area is 135 Å². The van der Waals surface area contributed by atoms with E-state index in [1.54, 1.807) is 18.2 Å². The van der Waals surface area contributed by atoms with E-state index >= 15 is 0 Å². The van der Waals surface area contributed by atoms with Gasteiger partial charge in [0.1, 0.15) is 5.69 Å². The molecular formula is C16H14F3N3O2. The van der Waals surface area contributed by atoms with Crippen molar-refractivity contribution < 1.29 is 22.6 Å². The lowest BCUT2D eigenvalue weighted by Gasteiger charge is -2.11. The highest BCUT2D eigenvalue weighted by Gasteiger charge is 2.35. The summed E-state index contributed by atoms with van der Waals surface area (Å²) in [6.45, 7) is 1.51. The lowest BCUT2D eigenvalue weighted by atomic mass is 10.1. The summed E-state index contributed by atoms with van der Waals surface area (Å²) >= 11 is 0. The minimum atomic E-state index is -4.52. The van der Waals surface area contributed by atoms with Crippen LogP contribution in [-0.4, -0.2) is 28.8 Å². The van der Waals surface area contributed by atoms with Crippen molar-refractivity contribution in [2.45, 2.75) is 13.1 Å². The fourth-order valence-electron chi connectivity index (χ4n) is 2.49. The number of aryl methyl sites for hydroxylation is 1. The summed E-state index contributed by atoms with van der Waals surface area (Å²) in [7, 11) is 3.00. The maximum Gasteiger partial charge on any atom is 0.433 e. The van der Waals surface area contributed by atoms with Crippen molar-refractivity contribution in [2.75, 3.05) is 14.2 Å². The Hall–Kier alpha value is -2.77. The number of rotatable bonds is 3. The third kappa shape index (κ3) is 2.64. The molecule has 0 fully saturated rings. The fourth-order valence-corrected chi connectivity index (χ4v) is 2.49. The van der Waals surface area contributed by atoms with Gasteiger partial charge in [0.15, 0.2) is 17.1 Å². The highest BCUT2D eigenvalue weighted by Crippen LogP contribution is 2.35. The maximum absolute atomic E-state index is 13.2. The largest absolute Gasteiger partial charge is 0.493 e. The van der Waals surface area contributed by atoms with Crippen molar-refractivity contribution in [1.29, 1.82) is 0 Å². The fraction of sp³-hybridized carbons (Fsp3) is 0.250. The Morgan fingerprint density at radius 3 is 2.38 bits per heavy atom. The van der Waals surface area contributed by atoms with Gasteiger partial charge in [-0.15, -0.1) is 0 Å². The lowest BCUT2D eigenvalue weighted by Crippen LogP contribution is -2.13. The minimum absolute atomic E-state index is 0.134. The minimum Gasteiger partial charge on any atom is -0.493 e. The molecule has 0 aliphatic rings. The zero-order chi connectivity index (χ0) is 17.5. The van der Waals surface area contributed by atoms with Gasteiger partial charge in [-0.2, -0.15) is 18.3 Å². The summed E-state index contributed by atoms with van der Waals surface area (Å²) in [5, 5.41) is 3.86. The highest BCUT2D eigenvalue weighted by atomic mass is 19.4. The van der Waals surface area contributed by atoms with E-state index in [1.807, 2.05) is 0 Å². The van der Waals surface area contributed by atoms with Crippen LogP contribution in [-0.2, 0) is 6.18 Å². The second-order valence-electron chi connectivity index (χ2n) is 5.14. The first-order valence-corrected chi connectivity index (χ1v) is 7.00. The highest BCUT2D eigenvalue weighted by molar-refractivity contribution is 5.78. The van der Waals surface area contributed by atoms with Crippen LogP contribution in [0.15, 0.2) is 30.5 Å². The van der Waals surface area contributed by atoms with Gasteiger partial charge in [-0.25, -0.2) is 9.50 Å². The summed E-state index contributed by atoms with van der Waals surface area (Å²) in [6, 6.07) is 6.04. The molecule has 0 aliphatic heterocycles. The van der Waals surface area contributed by atoms with Gasteiger partial charge >= 0.3 is 6.18 Å². The van der Waals surface area contributed by atoms with Gasteiger partial charge in [0, 0.05) is 11.3 Å². The lowest BCUT2D eigenvalue weighted by molar-refractivity contribution is -0.142. The molecule has 5 nitrogen and oxygen atoms in total. The molecule has 1 aromatic carbocycles. The monoisotopic (exact) mass is 337 g/mol. The number of nitrogens with zero attached hydrogens (tertiary/aromatic N) is 3. The number of ether oxygens (including phenoxy) is 2. The van der Waals surface area contributed by atoms with Crippen molar-refractivity contribution in [2.24, 2.45) is 0 Å². The average molecular weight is 337 g/mol. The third-order valence-electron chi connectivity index (χ3n) is 3.58. The molecule has 0 spiro atoms. The molecule has 0 saturated carbocycles. The molecule has 0 atom stereocenters. The molecular weight excluding hydrogens is 323 g/mol. The number of halogens is 3. The predicted octanol–water partition coefficient (Wildman–Crippen LogP) is 3.74. The van der Waals surface area contributed by atoms with Crippen molar-refractivity contribution in [1.82, 2.24) is 14.6 Å². The molecule has 126 valence electrons. The molecule has 24 heavy (non-hydrogen) atoms. The summed E-state index contributed by atoms with van der Waals surface area (Å²) < 4.78 is 50.8. The third-order valence-corrected chi connectivity index (χ3v) is 3.58. The summed E-state index contributed by atoms with van der Waals surface area (Å²) in [5.74, 6) is 0.996. The Bertz CT molecular complexity index is 903. The Kier molecular flexibility index (Phi) is 3.82. The Morgan fingerprint density at radius 1 is 1.04 bits per heavy atom. The molecule has 2 heterocycles. The second-order valence-corrected chi connectivity index (χ2v) is 5.14. The Balaban J connectivity index is 2.23. The number of methoxy groups -OCH3 is 2. The van der Waals surface area contributed by atoms with Gasteiger partial charge in [-0.05, 0) is 30.7 Å². The predicted molar refractivity (Wildman–Crippen MR) is 81.3 cm³/mol. The molecule has 8 heteroatoms. The van der Waals surface area contributed by atoms with Gasteiger partial charge < -0.3 is 9.47 Å². The van der Waals surface area contributed by atoms with Crippen LogP contribution in [0.25, 0.3) is 16.8 Å². The molecule has 3 rings (SSSR count). The molecule has 0 unspecified atom stereocenters. The Morgan fingerprint density at radius 2 is 1.75 bits per heavy atom. The van der Waals surface area contributed by atoms with Crippen molar-refractivity contribution in [3.63, 3.8) is 0 Å². The smallest absolute Gasteiger partial charge is 0.433 e. The van der Waals surface area contributed by atoms with Gasteiger partial charge in [0.25, 0.3) is 0 Å². The van der Waals surface area contributed by atoms with E-state index in [-0.39, 0.29) is 11.3 Å². The van der Waals surface area contributed by atoms with Crippen molar-refractivity contribution in [3.05, 3.63) is 41.9 Å². The molecule has 0 aliphatic carbocycles. The number of aromatic nitrogens is 3. The van der Waals surface area contributed by atoms with E-state index in [1.165, 1.54) is 27.3 Å². The second kappa shape index (κ2) is 5.70. The summed E-state index contributed by atoms with van der Waals surface area (Å²) in [6.07, 6.45) is -3.16. The van der Waals surface area contributed by atoms with Gasteiger partial charge in [0.05, 0.1) is 20.4 Å². The van der Waals surface area contributed by atoms with Crippen LogP contribution in [0.3, 0.4) is 0 Å². The van der Waals surface area contributed by atoms with E-state index in [0.29, 0.717) is 22.6 Å². The molecule has 0 N–H and O–H groups in total. The molecule has 0 amide bonds. The zero-order valence-electron chi connectivity index (χ0n) is 13.2. The van der Waals surface area contributed by atoms with Crippen LogP contribution in [0.2, 0.25) is 0 Å². The molecule has 0 saturated heterocycles. The van der Waals surface area contributed by atoms with E-state index in [0.717, 1.165) is 10.6 Å². The molecule has 3 aromatic rings. The quantitative estimate of drug-likeness (QED) is 0.730. The number of hydrogen-bond acceptors (Lipinski definition) is 4.